The average Bonchev–Trinajstić information content (AvgIpc) is 3.17. The van der Waals surface area contributed by atoms with Crippen molar-refractivity contribution in [3.63, 3.8) is 0 Å². The van der Waals surface area contributed by atoms with E-state index in [1.807, 2.05) is 54.7 Å². The second-order valence-corrected chi connectivity index (χ2v) is 7.68. The molecule has 2 N–H and O–H groups in total. The number of aromatic amines is 1. The van der Waals surface area contributed by atoms with E-state index in [0.29, 0.717) is 22.2 Å². The van der Waals surface area contributed by atoms with Crippen molar-refractivity contribution in [1.29, 1.82) is 5.26 Å². The Hall–Kier alpha value is -3.26. The molecule has 0 fully saturated rings. The molecule has 0 aliphatic rings. The minimum Gasteiger partial charge on any atom is -0.361 e. The Kier molecular flexibility index (Phi) is 5.76. The number of rotatable bonds is 5. The fraction of sp³-hybridized carbons (Fsp3) is 0.0833. The summed E-state index contributed by atoms with van der Waals surface area (Å²) < 4.78 is 0. The predicted octanol–water partition coefficient (Wildman–Crippen LogP) is 6.45. The number of amides is 1. The summed E-state index contributed by atoms with van der Waals surface area (Å²) in [6.45, 7) is 0.333. The number of hydrogen-bond donors (Lipinski definition) is 2. The van der Waals surface area contributed by atoms with Gasteiger partial charge in [0.05, 0.1) is 12.5 Å². The minimum absolute atomic E-state index is 0.191. The van der Waals surface area contributed by atoms with E-state index in [1.54, 1.807) is 12.1 Å². The molecule has 1 amide bonds. The molecule has 4 rings (SSSR count). The molecule has 6 heteroatoms. The number of nitriles is 1. The van der Waals surface area contributed by atoms with Gasteiger partial charge in [0.25, 0.3) is 5.91 Å². The zero-order valence-corrected chi connectivity index (χ0v) is 17.4. The van der Waals surface area contributed by atoms with Gasteiger partial charge in [-0.1, -0.05) is 47.5 Å². The van der Waals surface area contributed by atoms with Gasteiger partial charge in [-0.2, -0.15) is 5.26 Å². The quantitative estimate of drug-likeness (QED) is 0.355. The van der Waals surface area contributed by atoms with Crippen molar-refractivity contribution in [2.45, 2.75) is 6.42 Å². The standard InChI is InChI=1S/C24H17Cl2N3O/c25-18-6-7-19(22(26)13-18)21-14-29-23-8-5-16(12-20(21)23)15-3-1-4-17(11-15)24(30)28-10-2-9-27/h1,3-8,11-14,29H,2,10H2,(H,28,30). The van der Waals surface area contributed by atoms with Crippen LogP contribution in [0.15, 0.2) is 66.9 Å². The third-order valence-electron chi connectivity index (χ3n) is 4.88. The third-order valence-corrected chi connectivity index (χ3v) is 5.43. The van der Waals surface area contributed by atoms with Crippen molar-refractivity contribution in [2.75, 3.05) is 6.54 Å². The van der Waals surface area contributed by atoms with Crippen LogP contribution in [0.25, 0.3) is 33.2 Å². The Balaban J connectivity index is 1.72. The molecule has 1 aromatic heterocycles. The zero-order valence-electron chi connectivity index (χ0n) is 15.9. The second-order valence-electron chi connectivity index (χ2n) is 6.83. The van der Waals surface area contributed by atoms with Crippen molar-refractivity contribution in [3.05, 3.63) is 82.5 Å². The van der Waals surface area contributed by atoms with Crippen molar-refractivity contribution in [1.82, 2.24) is 10.3 Å². The third kappa shape index (κ3) is 4.04. The van der Waals surface area contributed by atoms with Crippen LogP contribution >= 0.6 is 23.2 Å². The van der Waals surface area contributed by atoms with Gasteiger partial charge in [0, 0.05) is 50.4 Å². The first-order valence-electron chi connectivity index (χ1n) is 9.39. The molecule has 0 aliphatic carbocycles. The van der Waals surface area contributed by atoms with Crippen LogP contribution in [-0.4, -0.2) is 17.4 Å². The van der Waals surface area contributed by atoms with Crippen molar-refractivity contribution >= 4 is 40.0 Å². The maximum atomic E-state index is 12.3. The molecule has 0 atom stereocenters. The molecule has 0 saturated heterocycles. The van der Waals surface area contributed by atoms with Gasteiger partial charge in [0.15, 0.2) is 0 Å². The lowest BCUT2D eigenvalue weighted by atomic mass is 9.98. The maximum Gasteiger partial charge on any atom is 0.251 e. The molecule has 0 saturated carbocycles. The van der Waals surface area contributed by atoms with Crippen LogP contribution in [0.3, 0.4) is 0 Å². The summed E-state index contributed by atoms with van der Waals surface area (Å²) in [4.78, 5) is 15.6. The lowest BCUT2D eigenvalue weighted by Crippen LogP contribution is -2.24. The molecule has 4 nitrogen and oxygen atoms in total. The van der Waals surface area contributed by atoms with E-state index >= 15 is 0 Å². The maximum absolute atomic E-state index is 12.3. The van der Waals surface area contributed by atoms with Gasteiger partial charge in [0.1, 0.15) is 0 Å². The molecule has 0 aliphatic heterocycles. The number of halogens is 2. The monoisotopic (exact) mass is 433 g/mol. The minimum atomic E-state index is -0.191. The fourth-order valence-electron chi connectivity index (χ4n) is 3.40. The number of benzene rings is 3. The summed E-state index contributed by atoms with van der Waals surface area (Å²) in [5.41, 5.74) is 5.35. The Morgan fingerprint density at radius 3 is 2.63 bits per heavy atom. The van der Waals surface area contributed by atoms with Crippen LogP contribution in [-0.2, 0) is 0 Å². The first kappa shape index (κ1) is 20.0. The topological polar surface area (TPSA) is 68.7 Å². The summed E-state index contributed by atoms with van der Waals surface area (Å²) in [6.07, 6.45) is 2.22. The normalized spacial score (nSPS) is 10.7. The van der Waals surface area contributed by atoms with Gasteiger partial charge in [0.2, 0.25) is 0 Å². The van der Waals surface area contributed by atoms with E-state index in [2.05, 4.69) is 16.4 Å². The molecule has 4 aromatic rings. The van der Waals surface area contributed by atoms with Crippen LogP contribution in [0.1, 0.15) is 16.8 Å². The fourth-order valence-corrected chi connectivity index (χ4v) is 3.92. The van der Waals surface area contributed by atoms with Crippen LogP contribution in [0.2, 0.25) is 10.0 Å². The highest BCUT2D eigenvalue weighted by Gasteiger charge is 2.12. The van der Waals surface area contributed by atoms with Crippen LogP contribution in [0, 0.1) is 11.3 Å². The number of hydrogen-bond acceptors (Lipinski definition) is 2. The molecule has 3 aromatic carbocycles. The van der Waals surface area contributed by atoms with E-state index in [4.69, 9.17) is 28.5 Å². The Morgan fingerprint density at radius 2 is 1.83 bits per heavy atom. The Labute approximate surface area is 184 Å². The first-order chi connectivity index (χ1) is 14.6. The average molecular weight is 434 g/mol. The van der Waals surface area contributed by atoms with E-state index < -0.39 is 0 Å². The molecule has 0 radical (unpaired) electrons. The Bertz CT molecular complexity index is 1290. The van der Waals surface area contributed by atoms with Gasteiger partial charge in [-0.3, -0.25) is 4.79 Å². The van der Waals surface area contributed by atoms with Gasteiger partial charge < -0.3 is 10.3 Å². The summed E-state index contributed by atoms with van der Waals surface area (Å²) >= 11 is 12.5. The van der Waals surface area contributed by atoms with Crippen LogP contribution < -0.4 is 5.32 Å². The van der Waals surface area contributed by atoms with Crippen LogP contribution in [0.5, 0.6) is 0 Å². The molecular weight excluding hydrogens is 417 g/mol. The molecule has 0 unspecified atom stereocenters. The number of nitrogens with one attached hydrogen (secondary N) is 2. The zero-order chi connectivity index (χ0) is 21.1. The number of aromatic nitrogens is 1. The highest BCUT2D eigenvalue weighted by Crippen LogP contribution is 2.36. The number of carbonyl (C=O) groups excluding carboxylic acids is 1. The molecule has 1 heterocycles. The highest BCUT2D eigenvalue weighted by atomic mass is 35.5. The SMILES string of the molecule is N#CCCNC(=O)c1cccc(-c2ccc3[nH]cc(-c4ccc(Cl)cc4Cl)c3c2)c1. The first-order valence-corrected chi connectivity index (χ1v) is 10.1. The summed E-state index contributed by atoms with van der Waals surface area (Å²) in [5, 5.41) is 13.6. The smallest absolute Gasteiger partial charge is 0.251 e. The van der Waals surface area contributed by atoms with Crippen molar-refractivity contribution in [2.24, 2.45) is 0 Å². The Morgan fingerprint density at radius 1 is 1.00 bits per heavy atom. The highest BCUT2D eigenvalue weighted by molar-refractivity contribution is 6.36. The van der Waals surface area contributed by atoms with Gasteiger partial charge >= 0.3 is 0 Å². The predicted molar refractivity (Wildman–Crippen MR) is 122 cm³/mol. The second kappa shape index (κ2) is 8.62. The molecular formula is C24H17Cl2N3O. The number of fused-ring (bicyclic) bond motifs is 1. The van der Waals surface area contributed by atoms with E-state index in [0.717, 1.165) is 33.2 Å². The van der Waals surface area contributed by atoms with Gasteiger partial charge in [-0.25, -0.2) is 0 Å². The van der Waals surface area contributed by atoms with Crippen molar-refractivity contribution < 1.29 is 4.79 Å². The number of nitrogens with zero attached hydrogens (tertiary/aromatic N) is 1. The molecule has 148 valence electrons. The largest absolute Gasteiger partial charge is 0.361 e. The van der Waals surface area contributed by atoms with Gasteiger partial charge in [-0.05, 0) is 47.5 Å². The number of H-pyrrole nitrogens is 1. The summed E-state index contributed by atoms with van der Waals surface area (Å²) in [7, 11) is 0. The van der Waals surface area contributed by atoms with Crippen LogP contribution in [0.4, 0.5) is 0 Å². The van der Waals surface area contributed by atoms with E-state index in [-0.39, 0.29) is 12.3 Å². The molecule has 0 bridgehead atoms. The summed E-state index contributed by atoms with van der Waals surface area (Å²) in [6, 6.07) is 21.0. The lowest BCUT2D eigenvalue weighted by Gasteiger charge is -2.08. The van der Waals surface area contributed by atoms with Crippen molar-refractivity contribution in [3.8, 4) is 28.3 Å². The summed E-state index contributed by atoms with van der Waals surface area (Å²) in [5.74, 6) is -0.191. The molecule has 30 heavy (non-hydrogen) atoms. The van der Waals surface area contributed by atoms with Gasteiger partial charge in [-0.15, -0.1) is 0 Å². The molecule has 0 spiro atoms. The lowest BCUT2D eigenvalue weighted by molar-refractivity contribution is 0.0954. The van der Waals surface area contributed by atoms with E-state index in [9.17, 15) is 4.79 Å². The van der Waals surface area contributed by atoms with E-state index in [1.165, 1.54) is 0 Å². The number of carbonyl (C=O) groups is 1.